The van der Waals surface area contributed by atoms with E-state index in [2.05, 4.69) is 20.0 Å². The van der Waals surface area contributed by atoms with Crippen LogP contribution in [0.1, 0.15) is 0 Å². The minimum atomic E-state index is -0.282. The molecule has 0 amide bonds. The Morgan fingerprint density at radius 1 is 1.50 bits per heavy atom. The van der Waals surface area contributed by atoms with Crippen LogP contribution in [0.2, 0.25) is 0 Å². The van der Waals surface area contributed by atoms with Gasteiger partial charge in [0.15, 0.2) is 0 Å². The number of hydrogen-bond donors (Lipinski definition) is 1. The standard InChI is InChI=1S/C8H5N5O/c9-13-12-5-1-2-6-7(3-5)11-8(14)4-10-6/h1-4H,(H,11,14). The van der Waals surface area contributed by atoms with Crippen LogP contribution in [0, 0.1) is 0 Å². The summed E-state index contributed by atoms with van der Waals surface area (Å²) in [6.45, 7) is 0. The van der Waals surface area contributed by atoms with Crippen LogP contribution >= 0.6 is 0 Å². The normalized spacial score (nSPS) is 9.71. The molecule has 0 saturated carbocycles. The van der Waals surface area contributed by atoms with Crippen LogP contribution in [0.15, 0.2) is 34.3 Å². The lowest BCUT2D eigenvalue weighted by molar-refractivity contribution is 1.22. The summed E-state index contributed by atoms with van der Waals surface area (Å²) in [7, 11) is 0. The number of aromatic amines is 1. The van der Waals surface area contributed by atoms with Crippen molar-refractivity contribution in [3.05, 3.63) is 45.2 Å². The van der Waals surface area contributed by atoms with Crippen molar-refractivity contribution >= 4 is 16.7 Å². The Morgan fingerprint density at radius 2 is 2.36 bits per heavy atom. The van der Waals surface area contributed by atoms with E-state index < -0.39 is 0 Å². The molecule has 0 saturated heterocycles. The third-order valence-electron chi connectivity index (χ3n) is 1.72. The number of azide groups is 1. The third kappa shape index (κ3) is 1.41. The Bertz CT molecular complexity index is 582. The Kier molecular flexibility index (Phi) is 1.89. The number of hydrogen-bond acceptors (Lipinski definition) is 3. The summed E-state index contributed by atoms with van der Waals surface area (Å²) < 4.78 is 0. The summed E-state index contributed by atoms with van der Waals surface area (Å²) in [6, 6.07) is 4.88. The molecule has 0 spiro atoms. The van der Waals surface area contributed by atoms with Gasteiger partial charge in [-0.25, -0.2) is 4.98 Å². The van der Waals surface area contributed by atoms with Crippen LogP contribution in [0.5, 0.6) is 0 Å². The summed E-state index contributed by atoms with van der Waals surface area (Å²) in [5.41, 5.74) is 9.60. The van der Waals surface area contributed by atoms with Gasteiger partial charge in [0.2, 0.25) is 0 Å². The van der Waals surface area contributed by atoms with Gasteiger partial charge in [-0.05, 0) is 17.7 Å². The zero-order chi connectivity index (χ0) is 9.97. The number of nitrogens with one attached hydrogen (secondary N) is 1. The molecule has 0 unspecified atom stereocenters. The van der Waals surface area contributed by atoms with Crippen LogP contribution in [0.4, 0.5) is 5.69 Å². The second-order valence-corrected chi connectivity index (χ2v) is 2.64. The van der Waals surface area contributed by atoms with Crippen molar-refractivity contribution in [3.63, 3.8) is 0 Å². The van der Waals surface area contributed by atoms with Gasteiger partial charge in [0.05, 0.1) is 17.2 Å². The molecular weight excluding hydrogens is 182 g/mol. The Balaban J connectivity index is 2.75. The maximum atomic E-state index is 10.9. The fourth-order valence-corrected chi connectivity index (χ4v) is 1.14. The highest BCUT2D eigenvalue weighted by Gasteiger charge is 1.96. The van der Waals surface area contributed by atoms with Crippen molar-refractivity contribution in [1.29, 1.82) is 0 Å². The predicted octanol–water partition coefficient (Wildman–Crippen LogP) is 1.86. The van der Waals surface area contributed by atoms with Crippen LogP contribution in [-0.2, 0) is 0 Å². The van der Waals surface area contributed by atoms with E-state index in [1.165, 1.54) is 6.20 Å². The number of fused-ring (bicyclic) bond motifs is 1. The zero-order valence-corrected chi connectivity index (χ0v) is 7.01. The van der Waals surface area contributed by atoms with Crippen molar-refractivity contribution in [2.75, 3.05) is 0 Å². The SMILES string of the molecule is [N-]=[N+]=Nc1ccc2ncc(=O)[nH]c2c1. The smallest absolute Gasteiger partial charge is 0.266 e. The van der Waals surface area contributed by atoms with Crippen LogP contribution in [0.25, 0.3) is 21.5 Å². The molecule has 2 aromatic rings. The Hall–Kier alpha value is -2.33. The lowest BCUT2D eigenvalue weighted by Crippen LogP contribution is -2.04. The topological polar surface area (TPSA) is 94.5 Å². The van der Waals surface area contributed by atoms with Crippen molar-refractivity contribution in [2.45, 2.75) is 0 Å². The zero-order valence-electron chi connectivity index (χ0n) is 7.01. The molecule has 0 atom stereocenters. The first-order valence-corrected chi connectivity index (χ1v) is 3.84. The van der Waals surface area contributed by atoms with E-state index in [1.54, 1.807) is 18.2 Å². The summed E-state index contributed by atoms with van der Waals surface area (Å²) in [4.78, 5) is 20.1. The largest absolute Gasteiger partial charge is 0.319 e. The minimum Gasteiger partial charge on any atom is -0.319 e. The molecule has 0 aliphatic carbocycles. The summed E-state index contributed by atoms with van der Waals surface area (Å²) in [6.07, 6.45) is 1.20. The summed E-state index contributed by atoms with van der Waals surface area (Å²) in [5, 5.41) is 3.42. The van der Waals surface area contributed by atoms with Crippen LogP contribution in [-0.4, -0.2) is 9.97 Å². The molecule has 14 heavy (non-hydrogen) atoms. The van der Waals surface area contributed by atoms with Gasteiger partial charge in [0, 0.05) is 10.6 Å². The second-order valence-electron chi connectivity index (χ2n) is 2.64. The number of benzene rings is 1. The lowest BCUT2D eigenvalue weighted by atomic mass is 10.3. The molecule has 1 aromatic heterocycles. The van der Waals surface area contributed by atoms with E-state index in [4.69, 9.17) is 5.53 Å². The van der Waals surface area contributed by atoms with E-state index in [0.717, 1.165) is 0 Å². The van der Waals surface area contributed by atoms with Gasteiger partial charge in [0.1, 0.15) is 0 Å². The van der Waals surface area contributed by atoms with Gasteiger partial charge in [-0.3, -0.25) is 4.79 Å². The van der Waals surface area contributed by atoms with E-state index in [-0.39, 0.29) is 5.56 Å². The first-order chi connectivity index (χ1) is 6.79. The van der Waals surface area contributed by atoms with Crippen molar-refractivity contribution < 1.29 is 0 Å². The van der Waals surface area contributed by atoms with Gasteiger partial charge >= 0.3 is 0 Å². The average Bonchev–Trinajstić information content (AvgIpc) is 2.17. The molecule has 6 heteroatoms. The van der Waals surface area contributed by atoms with Crippen molar-refractivity contribution in [3.8, 4) is 0 Å². The molecule has 2 rings (SSSR count). The Labute approximate surface area is 77.8 Å². The van der Waals surface area contributed by atoms with E-state index in [0.29, 0.717) is 16.7 Å². The molecule has 0 bridgehead atoms. The fraction of sp³-hybridized carbons (Fsp3) is 0. The van der Waals surface area contributed by atoms with Crippen LogP contribution in [0.3, 0.4) is 0 Å². The molecule has 1 heterocycles. The number of rotatable bonds is 1. The number of H-pyrrole nitrogens is 1. The van der Waals surface area contributed by atoms with E-state index in [9.17, 15) is 4.79 Å². The maximum absolute atomic E-state index is 10.9. The molecule has 0 aliphatic heterocycles. The summed E-state index contributed by atoms with van der Waals surface area (Å²) >= 11 is 0. The fourth-order valence-electron chi connectivity index (χ4n) is 1.14. The molecule has 0 radical (unpaired) electrons. The maximum Gasteiger partial charge on any atom is 0.266 e. The molecule has 1 N–H and O–H groups in total. The lowest BCUT2D eigenvalue weighted by Gasteiger charge is -1.96. The first kappa shape index (κ1) is 8.28. The molecule has 68 valence electrons. The quantitative estimate of drug-likeness (QED) is 0.419. The predicted molar refractivity (Wildman–Crippen MR) is 51.2 cm³/mol. The number of nitrogens with zero attached hydrogens (tertiary/aromatic N) is 4. The van der Waals surface area contributed by atoms with Gasteiger partial charge in [0.25, 0.3) is 5.56 Å². The van der Waals surface area contributed by atoms with Gasteiger partial charge in [-0.1, -0.05) is 11.2 Å². The van der Waals surface area contributed by atoms with Crippen molar-refractivity contribution in [2.24, 2.45) is 5.11 Å². The highest BCUT2D eigenvalue weighted by molar-refractivity contribution is 5.77. The molecule has 0 fully saturated rings. The molecular formula is C8H5N5O. The van der Waals surface area contributed by atoms with E-state index >= 15 is 0 Å². The monoisotopic (exact) mass is 187 g/mol. The second kappa shape index (κ2) is 3.20. The number of aromatic nitrogens is 2. The van der Waals surface area contributed by atoms with Gasteiger partial charge < -0.3 is 4.98 Å². The molecule has 0 aliphatic rings. The highest BCUT2D eigenvalue weighted by Crippen LogP contribution is 2.16. The highest BCUT2D eigenvalue weighted by atomic mass is 16.1. The van der Waals surface area contributed by atoms with Gasteiger partial charge in [-0.2, -0.15) is 0 Å². The first-order valence-electron chi connectivity index (χ1n) is 3.84. The summed E-state index contributed by atoms with van der Waals surface area (Å²) in [5.74, 6) is 0. The molecule has 6 nitrogen and oxygen atoms in total. The van der Waals surface area contributed by atoms with Crippen molar-refractivity contribution in [1.82, 2.24) is 9.97 Å². The van der Waals surface area contributed by atoms with Crippen LogP contribution < -0.4 is 5.56 Å². The Morgan fingerprint density at radius 3 is 3.14 bits per heavy atom. The third-order valence-corrected chi connectivity index (χ3v) is 1.72. The molecule has 1 aromatic carbocycles. The van der Waals surface area contributed by atoms with Gasteiger partial charge in [-0.15, -0.1) is 0 Å². The average molecular weight is 187 g/mol. The van der Waals surface area contributed by atoms with E-state index in [1.807, 2.05) is 0 Å². The minimum absolute atomic E-state index is 0.282.